The number of carbonyl (C=O) groups is 1. The molecule has 0 unspecified atom stereocenters. The number of carbonyl (C=O) groups excluding carboxylic acids is 1. The van der Waals surface area contributed by atoms with Crippen molar-refractivity contribution in [1.82, 2.24) is 25.0 Å². The van der Waals surface area contributed by atoms with Crippen molar-refractivity contribution in [3.63, 3.8) is 0 Å². The molecule has 0 atom stereocenters. The van der Waals surface area contributed by atoms with E-state index in [4.69, 9.17) is 4.42 Å². The third-order valence-electron chi connectivity index (χ3n) is 5.24. The van der Waals surface area contributed by atoms with E-state index >= 15 is 0 Å². The molecule has 0 spiro atoms. The largest absolute Gasteiger partial charge is 0.423 e. The minimum Gasteiger partial charge on any atom is -0.423 e. The Kier molecular flexibility index (Phi) is 4.80. The van der Waals surface area contributed by atoms with Crippen molar-refractivity contribution < 1.29 is 9.21 Å². The van der Waals surface area contributed by atoms with Crippen LogP contribution in [-0.2, 0) is 13.0 Å². The van der Waals surface area contributed by atoms with E-state index in [1.807, 2.05) is 24.3 Å². The molecule has 3 heterocycles. The van der Waals surface area contributed by atoms with E-state index in [9.17, 15) is 4.79 Å². The highest BCUT2D eigenvalue weighted by atomic mass is 16.4. The van der Waals surface area contributed by atoms with E-state index < -0.39 is 0 Å². The van der Waals surface area contributed by atoms with E-state index in [2.05, 4.69) is 30.3 Å². The summed E-state index contributed by atoms with van der Waals surface area (Å²) in [5, 5.41) is 19.3. The van der Waals surface area contributed by atoms with Crippen molar-refractivity contribution in [3.05, 3.63) is 66.3 Å². The molecule has 0 saturated heterocycles. The van der Waals surface area contributed by atoms with Crippen LogP contribution >= 0.6 is 0 Å². The Morgan fingerprint density at radius 2 is 1.87 bits per heavy atom. The van der Waals surface area contributed by atoms with Crippen LogP contribution in [0.2, 0.25) is 0 Å². The van der Waals surface area contributed by atoms with Crippen molar-refractivity contribution in [2.45, 2.75) is 32.2 Å². The van der Waals surface area contributed by atoms with Gasteiger partial charge in [-0.1, -0.05) is 18.6 Å². The molecule has 1 N–H and O–H groups in total. The number of hydrogen-bond acceptors (Lipinski definition) is 6. The first-order valence-electron chi connectivity index (χ1n) is 9.98. The highest BCUT2D eigenvalue weighted by Gasteiger charge is 2.16. The number of aromatic nitrogens is 5. The van der Waals surface area contributed by atoms with E-state index in [1.165, 1.54) is 12.8 Å². The van der Waals surface area contributed by atoms with Gasteiger partial charge in [-0.05, 0) is 49.2 Å². The van der Waals surface area contributed by atoms with Crippen molar-refractivity contribution in [2.75, 3.05) is 5.32 Å². The number of hydrogen-bond donors (Lipinski definition) is 1. The quantitative estimate of drug-likeness (QED) is 0.556. The summed E-state index contributed by atoms with van der Waals surface area (Å²) >= 11 is 0. The Hall–Kier alpha value is -3.81. The number of anilines is 1. The van der Waals surface area contributed by atoms with Gasteiger partial charge in [0.15, 0.2) is 5.82 Å². The zero-order chi connectivity index (χ0) is 20.3. The Bertz CT molecular complexity index is 1160. The van der Waals surface area contributed by atoms with Gasteiger partial charge >= 0.3 is 0 Å². The molecule has 0 radical (unpaired) electrons. The molecule has 4 aromatic rings. The molecule has 1 aliphatic rings. The summed E-state index contributed by atoms with van der Waals surface area (Å²) in [5.74, 6) is 2.12. The zero-order valence-electron chi connectivity index (χ0n) is 16.3. The predicted molar refractivity (Wildman–Crippen MR) is 111 cm³/mol. The summed E-state index contributed by atoms with van der Waals surface area (Å²) in [4.78, 5) is 12.7. The maximum absolute atomic E-state index is 12.7. The molecule has 1 amide bonds. The molecule has 2 aromatic heterocycles. The van der Waals surface area contributed by atoms with Gasteiger partial charge in [0.05, 0.1) is 0 Å². The van der Waals surface area contributed by atoms with Gasteiger partial charge in [-0.2, -0.15) is 0 Å². The van der Waals surface area contributed by atoms with Gasteiger partial charge in [-0.15, -0.1) is 20.4 Å². The monoisotopic (exact) mass is 400 g/mol. The lowest BCUT2D eigenvalue weighted by atomic mass is 10.1. The van der Waals surface area contributed by atoms with Gasteiger partial charge in [-0.25, -0.2) is 0 Å². The number of aryl methyl sites for hydroxylation is 1. The molecular weight excluding hydrogens is 380 g/mol. The van der Waals surface area contributed by atoms with Crippen LogP contribution in [0.1, 0.15) is 35.4 Å². The lowest BCUT2D eigenvalue weighted by Gasteiger charge is -2.10. The minimum absolute atomic E-state index is 0.190. The standard InChI is InChI=1S/C22H20N6O2/c29-21(15-8-10-16(11-9-15)22-27-23-14-30-22)24-18-6-4-5-17(13-18)20-26-25-19-7-2-1-3-12-28(19)20/h4-6,8-11,13-14H,1-3,7,12H2,(H,24,29). The molecule has 0 saturated carbocycles. The summed E-state index contributed by atoms with van der Waals surface area (Å²) in [6, 6.07) is 14.8. The molecule has 150 valence electrons. The van der Waals surface area contributed by atoms with Crippen LogP contribution in [0.25, 0.3) is 22.8 Å². The average Bonchev–Trinajstić information content (AvgIpc) is 3.40. The molecule has 2 aromatic carbocycles. The van der Waals surface area contributed by atoms with Crippen LogP contribution in [0, 0.1) is 0 Å². The number of nitrogens with one attached hydrogen (secondary N) is 1. The van der Waals surface area contributed by atoms with Gasteiger partial charge in [0.25, 0.3) is 5.91 Å². The maximum atomic E-state index is 12.7. The number of nitrogens with zero attached hydrogens (tertiary/aromatic N) is 5. The maximum Gasteiger partial charge on any atom is 0.255 e. The highest BCUT2D eigenvalue weighted by molar-refractivity contribution is 6.04. The third kappa shape index (κ3) is 3.59. The van der Waals surface area contributed by atoms with E-state index in [0.717, 1.165) is 48.6 Å². The van der Waals surface area contributed by atoms with Crippen LogP contribution in [0.15, 0.2) is 59.3 Å². The fourth-order valence-corrected chi connectivity index (χ4v) is 3.70. The fraction of sp³-hybridized carbons (Fsp3) is 0.227. The average molecular weight is 400 g/mol. The number of rotatable bonds is 4. The first-order chi connectivity index (χ1) is 14.8. The molecule has 5 rings (SSSR count). The molecule has 30 heavy (non-hydrogen) atoms. The normalized spacial score (nSPS) is 13.5. The summed E-state index contributed by atoms with van der Waals surface area (Å²) in [6.45, 7) is 0.931. The van der Waals surface area contributed by atoms with Gasteiger partial charge in [-0.3, -0.25) is 4.79 Å². The third-order valence-corrected chi connectivity index (χ3v) is 5.24. The number of fused-ring (bicyclic) bond motifs is 1. The summed E-state index contributed by atoms with van der Waals surface area (Å²) in [6.07, 6.45) is 5.73. The smallest absolute Gasteiger partial charge is 0.255 e. The van der Waals surface area contributed by atoms with Gasteiger partial charge in [0, 0.05) is 35.3 Å². The lowest BCUT2D eigenvalue weighted by molar-refractivity contribution is 0.102. The highest BCUT2D eigenvalue weighted by Crippen LogP contribution is 2.25. The van der Waals surface area contributed by atoms with Crippen LogP contribution in [-0.4, -0.2) is 30.9 Å². The Balaban J connectivity index is 1.35. The first kappa shape index (κ1) is 18.2. The second-order valence-electron chi connectivity index (χ2n) is 7.26. The second-order valence-corrected chi connectivity index (χ2v) is 7.26. The Morgan fingerprint density at radius 3 is 2.70 bits per heavy atom. The second kappa shape index (κ2) is 7.90. The minimum atomic E-state index is -0.190. The summed E-state index contributed by atoms with van der Waals surface area (Å²) in [5.41, 5.74) is 2.96. The van der Waals surface area contributed by atoms with Crippen LogP contribution in [0.3, 0.4) is 0 Å². The van der Waals surface area contributed by atoms with E-state index in [-0.39, 0.29) is 5.91 Å². The Labute approximate surface area is 173 Å². The van der Waals surface area contributed by atoms with E-state index in [0.29, 0.717) is 17.1 Å². The van der Waals surface area contributed by atoms with Crippen molar-refractivity contribution in [1.29, 1.82) is 0 Å². The van der Waals surface area contributed by atoms with E-state index in [1.54, 1.807) is 24.3 Å². The molecule has 8 nitrogen and oxygen atoms in total. The summed E-state index contributed by atoms with van der Waals surface area (Å²) < 4.78 is 7.37. The predicted octanol–water partition coefficient (Wildman–Crippen LogP) is 3.97. The molecule has 0 aliphatic carbocycles. The molecule has 0 fully saturated rings. The summed E-state index contributed by atoms with van der Waals surface area (Å²) in [7, 11) is 0. The first-order valence-corrected chi connectivity index (χ1v) is 9.98. The SMILES string of the molecule is O=C(Nc1cccc(-c2nnc3n2CCCCC3)c1)c1ccc(-c2nnco2)cc1. The zero-order valence-corrected chi connectivity index (χ0v) is 16.3. The molecule has 8 heteroatoms. The van der Waals surface area contributed by atoms with Gasteiger partial charge in [0.1, 0.15) is 5.82 Å². The lowest BCUT2D eigenvalue weighted by Crippen LogP contribution is -2.12. The number of benzene rings is 2. The van der Waals surface area contributed by atoms with Crippen LogP contribution < -0.4 is 5.32 Å². The van der Waals surface area contributed by atoms with Crippen LogP contribution in [0.4, 0.5) is 5.69 Å². The topological polar surface area (TPSA) is 98.7 Å². The van der Waals surface area contributed by atoms with Gasteiger partial charge < -0.3 is 14.3 Å². The molecule has 1 aliphatic heterocycles. The van der Waals surface area contributed by atoms with Crippen molar-refractivity contribution in [2.24, 2.45) is 0 Å². The fourth-order valence-electron chi connectivity index (χ4n) is 3.70. The van der Waals surface area contributed by atoms with Gasteiger partial charge in [0.2, 0.25) is 12.3 Å². The van der Waals surface area contributed by atoms with Crippen LogP contribution in [0.5, 0.6) is 0 Å². The van der Waals surface area contributed by atoms with Crippen molar-refractivity contribution in [3.8, 4) is 22.8 Å². The van der Waals surface area contributed by atoms with Crippen molar-refractivity contribution >= 4 is 11.6 Å². The Morgan fingerprint density at radius 1 is 0.967 bits per heavy atom. The number of amides is 1. The molecule has 0 bridgehead atoms. The molecular formula is C22H20N6O2.